The highest BCUT2D eigenvalue weighted by Crippen LogP contribution is 2.29. The van der Waals surface area contributed by atoms with Crippen molar-refractivity contribution in [1.29, 1.82) is 0 Å². The fourth-order valence-corrected chi connectivity index (χ4v) is 4.43. The molecule has 3 heterocycles. The number of hydrogen-bond acceptors (Lipinski definition) is 8. The SMILES string of the molecule is C[N+](C)(C/C=C/C(=O)Cc1cc2c(Nc3ccc(Cl)c(Br)c3)ncnc2cn1)CC1=C([N+](=O)[O-])N=CC1. The van der Waals surface area contributed by atoms with Gasteiger partial charge in [0.1, 0.15) is 24.9 Å². The number of ketones is 1. The van der Waals surface area contributed by atoms with Crippen LogP contribution in [-0.2, 0) is 11.2 Å². The molecule has 2 aromatic heterocycles. The highest BCUT2D eigenvalue weighted by Gasteiger charge is 2.28. The van der Waals surface area contributed by atoms with Gasteiger partial charge in [-0.2, -0.15) is 0 Å². The Morgan fingerprint density at radius 1 is 1.27 bits per heavy atom. The summed E-state index contributed by atoms with van der Waals surface area (Å²) in [4.78, 5) is 40.2. The average molecular weight is 586 g/mol. The fraction of sp³-hybridized carbons (Fsp3) is 0.240. The molecule has 0 aliphatic carbocycles. The van der Waals surface area contributed by atoms with Gasteiger partial charge in [0.05, 0.1) is 49.4 Å². The number of fused-ring (bicyclic) bond motifs is 1. The third-order valence-electron chi connectivity index (χ3n) is 5.68. The molecule has 4 rings (SSSR count). The molecule has 10 nitrogen and oxygen atoms in total. The number of carbonyl (C=O) groups excluding carboxylic acids is 1. The van der Waals surface area contributed by atoms with Crippen molar-refractivity contribution in [3.8, 4) is 0 Å². The van der Waals surface area contributed by atoms with Crippen molar-refractivity contribution in [1.82, 2.24) is 15.0 Å². The monoisotopic (exact) mass is 584 g/mol. The first-order valence-electron chi connectivity index (χ1n) is 11.3. The normalized spacial score (nSPS) is 13.6. The summed E-state index contributed by atoms with van der Waals surface area (Å²) in [7, 11) is 3.91. The summed E-state index contributed by atoms with van der Waals surface area (Å²) in [5.74, 6) is 0.411. The summed E-state index contributed by atoms with van der Waals surface area (Å²) in [6.07, 6.45) is 8.55. The molecule has 0 atom stereocenters. The summed E-state index contributed by atoms with van der Waals surface area (Å²) in [6.45, 7) is 1.00. The van der Waals surface area contributed by atoms with E-state index in [1.54, 1.807) is 30.6 Å². The number of benzene rings is 1. The number of anilines is 2. The number of nitrogens with one attached hydrogen (secondary N) is 1. The lowest BCUT2D eigenvalue weighted by Crippen LogP contribution is -2.41. The second kappa shape index (κ2) is 11.2. The van der Waals surface area contributed by atoms with Gasteiger partial charge in [-0.15, -0.1) is 0 Å². The zero-order valence-corrected chi connectivity index (χ0v) is 22.5. The Labute approximate surface area is 226 Å². The molecule has 0 spiro atoms. The number of allylic oxidation sites excluding steroid dienone is 1. The van der Waals surface area contributed by atoms with Gasteiger partial charge in [-0.3, -0.25) is 9.78 Å². The molecule has 0 saturated heterocycles. The van der Waals surface area contributed by atoms with Crippen LogP contribution in [0.1, 0.15) is 12.1 Å². The predicted octanol–water partition coefficient (Wildman–Crippen LogP) is 4.89. The Hall–Kier alpha value is -3.54. The summed E-state index contributed by atoms with van der Waals surface area (Å²) >= 11 is 9.50. The van der Waals surface area contributed by atoms with Gasteiger partial charge in [0.25, 0.3) is 0 Å². The van der Waals surface area contributed by atoms with Gasteiger partial charge in [-0.25, -0.2) is 9.97 Å². The van der Waals surface area contributed by atoms with Gasteiger partial charge >= 0.3 is 5.82 Å². The molecule has 0 amide bonds. The van der Waals surface area contributed by atoms with E-state index in [9.17, 15) is 14.9 Å². The van der Waals surface area contributed by atoms with Crippen LogP contribution in [0.3, 0.4) is 0 Å². The molecular weight excluding hydrogens is 562 g/mol. The first kappa shape index (κ1) is 26.5. The van der Waals surface area contributed by atoms with Gasteiger partial charge in [-0.05, 0) is 57.3 Å². The van der Waals surface area contributed by atoms with E-state index in [1.807, 2.05) is 26.2 Å². The van der Waals surface area contributed by atoms with Gasteiger partial charge in [0, 0.05) is 27.7 Å². The number of nitro groups is 1. The maximum Gasteiger partial charge on any atom is 0.368 e. The minimum atomic E-state index is -0.449. The van der Waals surface area contributed by atoms with Crippen molar-refractivity contribution in [2.24, 2.45) is 4.99 Å². The second-order valence-corrected chi connectivity index (χ2v) is 10.5. The van der Waals surface area contributed by atoms with Crippen molar-refractivity contribution in [3.63, 3.8) is 0 Å². The quantitative estimate of drug-likeness (QED) is 0.155. The van der Waals surface area contributed by atoms with Crippen LogP contribution in [0.5, 0.6) is 0 Å². The Morgan fingerprint density at radius 2 is 2.08 bits per heavy atom. The Bertz CT molecular complexity index is 1470. The van der Waals surface area contributed by atoms with E-state index in [4.69, 9.17) is 11.6 Å². The number of nitrogens with zero attached hydrogens (tertiary/aromatic N) is 6. The van der Waals surface area contributed by atoms with Crippen molar-refractivity contribution in [2.45, 2.75) is 12.8 Å². The molecule has 1 aromatic carbocycles. The number of rotatable bonds is 10. The highest BCUT2D eigenvalue weighted by atomic mass is 79.9. The number of hydrogen-bond donors (Lipinski definition) is 1. The van der Waals surface area contributed by atoms with Gasteiger partial charge in [0.2, 0.25) is 0 Å². The molecule has 0 unspecified atom stereocenters. The molecule has 0 fully saturated rings. The smallest absolute Gasteiger partial charge is 0.358 e. The average Bonchev–Trinajstić information content (AvgIpc) is 3.29. The summed E-state index contributed by atoms with van der Waals surface area (Å²) in [6, 6.07) is 7.27. The molecule has 0 saturated carbocycles. The highest BCUT2D eigenvalue weighted by molar-refractivity contribution is 9.10. The zero-order valence-electron chi connectivity index (χ0n) is 20.2. The zero-order chi connectivity index (χ0) is 26.6. The van der Waals surface area contributed by atoms with Crippen molar-refractivity contribution in [3.05, 3.63) is 85.6 Å². The molecule has 12 heteroatoms. The first-order chi connectivity index (χ1) is 17.6. The maximum atomic E-state index is 12.6. The van der Waals surface area contributed by atoms with Gasteiger partial charge in [-0.1, -0.05) is 16.6 Å². The van der Waals surface area contributed by atoms with E-state index in [2.05, 4.69) is 41.2 Å². The van der Waals surface area contributed by atoms with Crippen LogP contribution >= 0.6 is 27.5 Å². The number of pyridine rings is 1. The van der Waals surface area contributed by atoms with Crippen LogP contribution in [0.4, 0.5) is 11.5 Å². The number of aromatic nitrogens is 3. The van der Waals surface area contributed by atoms with Crippen LogP contribution in [0.15, 0.2) is 69.8 Å². The van der Waals surface area contributed by atoms with E-state index in [0.717, 1.165) is 15.5 Å². The predicted molar refractivity (Wildman–Crippen MR) is 147 cm³/mol. The molecule has 0 radical (unpaired) electrons. The molecule has 3 aromatic rings. The number of halogens is 2. The summed E-state index contributed by atoms with van der Waals surface area (Å²) in [5, 5.41) is 15.7. The van der Waals surface area contributed by atoms with Crippen LogP contribution in [0.2, 0.25) is 5.02 Å². The Morgan fingerprint density at radius 3 is 2.84 bits per heavy atom. The molecule has 190 valence electrons. The number of quaternary nitrogens is 1. The first-order valence-corrected chi connectivity index (χ1v) is 12.5. The van der Waals surface area contributed by atoms with Gasteiger partial charge < -0.3 is 19.9 Å². The second-order valence-electron chi connectivity index (χ2n) is 9.19. The van der Waals surface area contributed by atoms with E-state index in [-0.39, 0.29) is 18.0 Å². The topological polar surface area (TPSA) is 123 Å². The molecule has 1 aliphatic heterocycles. The number of likely N-dealkylation sites (N-methyl/N-ethyl adjacent to an activating group) is 1. The van der Waals surface area contributed by atoms with Crippen LogP contribution in [-0.4, -0.2) is 63.5 Å². The molecule has 0 bridgehead atoms. The van der Waals surface area contributed by atoms with Crippen molar-refractivity contribution in [2.75, 3.05) is 32.5 Å². The Balaban J connectivity index is 1.42. The lowest BCUT2D eigenvalue weighted by molar-refractivity contribution is -0.880. The standard InChI is InChI=1S/C25H24BrClN7O3/c1-34(2,14-16-7-8-28-25(16)33(36)37)9-3-4-19(35)10-18-11-20-23(13-29-18)30-15-31-24(20)32-17-5-6-22(27)21(26)12-17/h3-6,8,11-13,15H,7,9-10,14H2,1-2H3,(H,30,31,32)/q+1/b4-3+. The van der Waals surface area contributed by atoms with Crippen LogP contribution in [0, 0.1) is 10.1 Å². The lowest BCUT2D eigenvalue weighted by atomic mass is 10.1. The van der Waals surface area contributed by atoms with E-state index < -0.39 is 4.92 Å². The molecule has 1 N–H and O–H groups in total. The van der Waals surface area contributed by atoms with Crippen molar-refractivity contribution >= 4 is 61.9 Å². The van der Waals surface area contributed by atoms with Gasteiger partial charge in [0.15, 0.2) is 5.78 Å². The summed E-state index contributed by atoms with van der Waals surface area (Å²) < 4.78 is 1.21. The van der Waals surface area contributed by atoms with Crippen molar-refractivity contribution < 1.29 is 14.2 Å². The maximum absolute atomic E-state index is 12.6. The molecule has 37 heavy (non-hydrogen) atoms. The largest absolute Gasteiger partial charge is 0.368 e. The van der Waals surface area contributed by atoms with E-state index in [0.29, 0.717) is 51.6 Å². The lowest BCUT2D eigenvalue weighted by Gasteiger charge is -2.28. The minimum Gasteiger partial charge on any atom is -0.358 e. The summed E-state index contributed by atoms with van der Waals surface area (Å²) in [5.41, 5.74) is 2.72. The minimum absolute atomic E-state index is 0.0739. The third-order valence-corrected chi connectivity index (χ3v) is 6.89. The third kappa shape index (κ3) is 6.82. The van der Waals surface area contributed by atoms with Crippen LogP contribution in [0.25, 0.3) is 10.9 Å². The van der Waals surface area contributed by atoms with E-state index >= 15 is 0 Å². The van der Waals surface area contributed by atoms with E-state index in [1.165, 1.54) is 12.4 Å². The van der Waals surface area contributed by atoms with Crippen LogP contribution < -0.4 is 5.32 Å². The number of aliphatic imine (C=N–C) groups is 1. The fourth-order valence-electron chi connectivity index (χ4n) is 3.93. The molecule has 1 aliphatic rings. The molecular formula is C25H24BrClN7O3+. The number of carbonyl (C=O) groups is 1. The Kier molecular flexibility index (Phi) is 8.06.